The summed E-state index contributed by atoms with van der Waals surface area (Å²) in [4.78, 5) is 0. The van der Waals surface area contributed by atoms with Crippen LogP contribution in [-0.2, 0) is 0 Å². The third-order valence-electron chi connectivity index (χ3n) is 3.66. The van der Waals surface area contributed by atoms with Crippen LogP contribution in [0.25, 0.3) is 0 Å². The Balaban J connectivity index is 2.18. The van der Waals surface area contributed by atoms with E-state index in [1.165, 1.54) is 12.1 Å². The Morgan fingerprint density at radius 3 is 2.79 bits per heavy atom. The average molecular weight is 267 g/mol. The Bertz CT molecular complexity index is 423. The van der Waals surface area contributed by atoms with E-state index in [-0.39, 0.29) is 18.0 Å². The van der Waals surface area contributed by atoms with Crippen molar-refractivity contribution in [2.45, 2.75) is 57.3 Å². The molecule has 3 N–H and O–H groups in total. The van der Waals surface area contributed by atoms with Crippen molar-refractivity contribution in [3.63, 3.8) is 0 Å². The highest BCUT2D eigenvalue weighted by molar-refractivity contribution is 5.36. The summed E-state index contributed by atoms with van der Waals surface area (Å²) in [5.41, 5.74) is 6.65. The first kappa shape index (κ1) is 14.3. The first-order valence-corrected chi connectivity index (χ1v) is 6.97. The molecule has 0 bridgehead atoms. The Kier molecular flexibility index (Phi) is 4.77. The molecule has 0 aromatic heterocycles. The zero-order chi connectivity index (χ0) is 13.8. The van der Waals surface area contributed by atoms with E-state index in [1.54, 1.807) is 6.07 Å². The van der Waals surface area contributed by atoms with Crippen molar-refractivity contribution >= 4 is 0 Å². The molecule has 3 nitrogen and oxygen atoms in total. The van der Waals surface area contributed by atoms with E-state index >= 15 is 0 Å². The Hall–Kier alpha value is -1.13. The first-order chi connectivity index (χ1) is 9.08. The van der Waals surface area contributed by atoms with E-state index < -0.39 is 6.10 Å². The predicted octanol–water partition coefficient (Wildman–Crippen LogP) is 2.92. The second kappa shape index (κ2) is 6.35. The molecule has 1 fully saturated rings. The molecular formula is C15H22FNO2. The van der Waals surface area contributed by atoms with Gasteiger partial charge in [-0.3, -0.25) is 0 Å². The molecule has 4 heteroatoms. The minimum Gasteiger partial charge on any atom is -0.487 e. The lowest BCUT2D eigenvalue weighted by Crippen LogP contribution is -2.31. The van der Waals surface area contributed by atoms with Crippen LogP contribution >= 0.6 is 0 Å². The van der Waals surface area contributed by atoms with Crippen molar-refractivity contribution in [1.29, 1.82) is 0 Å². The van der Waals surface area contributed by atoms with Gasteiger partial charge in [0.25, 0.3) is 0 Å². The van der Waals surface area contributed by atoms with Crippen LogP contribution in [0.2, 0.25) is 0 Å². The van der Waals surface area contributed by atoms with Gasteiger partial charge in [0.1, 0.15) is 17.7 Å². The second-order valence-corrected chi connectivity index (χ2v) is 5.33. The average Bonchev–Trinajstić information content (AvgIpc) is 2.55. The van der Waals surface area contributed by atoms with Gasteiger partial charge in [0, 0.05) is 17.7 Å². The summed E-state index contributed by atoms with van der Waals surface area (Å²) in [5, 5.41) is 10.1. The highest BCUT2D eigenvalue weighted by Gasteiger charge is 2.24. The number of aliphatic hydroxyl groups excluding tert-OH is 1. The van der Waals surface area contributed by atoms with Crippen LogP contribution < -0.4 is 10.5 Å². The van der Waals surface area contributed by atoms with Gasteiger partial charge in [0.2, 0.25) is 0 Å². The van der Waals surface area contributed by atoms with Crippen molar-refractivity contribution in [2.24, 2.45) is 5.73 Å². The Morgan fingerprint density at radius 1 is 1.32 bits per heavy atom. The highest BCUT2D eigenvalue weighted by Crippen LogP contribution is 2.29. The number of aliphatic hydroxyl groups is 1. The summed E-state index contributed by atoms with van der Waals surface area (Å²) in [7, 11) is 0. The van der Waals surface area contributed by atoms with Gasteiger partial charge in [-0.15, -0.1) is 0 Å². The fourth-order valence-corrected chi connectivity index (χ4v) is 2.54. The summed E-state index contributed by atoms with van der Waals surface area (Å²) in [6.07, 6.45) is 3.96. The molecule has 19 heavy (non-hydrogen) atoms. The zero-order valence-corrected chi connectivity index (χ0v) is 11.3. The lowest BCUT2D eigenvalue weighted by atomic mass is 10.1. The summed E-state index contributed by atoms with van der Waals surface area (Å²) >= 11 is 0. The Labute approximate surface area is 113 Å². The number of rotatable bonds is 3. The van der Waals surface area contributed by atoms with Gasteiger partial charge < -0.3 is 15.6 Å². The topological polar surface area (TPSA) is 55.5 Å². The molecule has 2 rings (SSSR count). The number of halogens is 1. The molecule has 0 heterocycles. The molecule has 1 aromatic rings. The maximum absolute atomic E-state index is 13.4. The maximum atomic E-state index is 13.4. The summed E-state index contributed by atoms with van der Waals surface area (Å²) in [6.45, 7) is 1.84. The molecule has 1 aliphatic carbocycles. The second-order valence-electron chi connectivity index (χ2n) is 5.33. The van der Waals surface area contributed by atoms with Gasteiger partial charge in [-0.05, 0) is 32.3 Å². The fourth-order valence-electron chi connectivity index (χ4n) is 2.54. The molecule has 0 aliphatic heterocycles. The quantitative estimate of drug-likeness (QED) is 0.828. The van der Waals surface area contributed by atoms with Crippen LogP contribution in [0.3, 0.4) is 0 Å². The van der Waals surface area contributed by atoms with Gasteiger partial charge in [0.05, 0.1) is 6.10 Å². The molecule has 3 atom stereocenters. The van der Waals surface area contributed by atoms with E-state index in [0.29, 0.717) is 5.75 Å². The molecule has 0 radical (unpaired) electrons. The third kappa shape index (κ3) is 3.67. The molecule has 1 aromatic carbocycles. The molecule has 0 spiro atoms. The number of benzene rings is 1. The lowest BCUT2D eigenvalue weighted by Gasteiger charge is -2.24. The molecule has 2 unspecified atom stereocenters. The van der Waals surface area contributed by atoms with Crippen LogP contribution in [0.15, 0.2) is 18.2 Å². The van der Waals surface area contributed by atoms with Crippen molar-refractivity contribution < 1.29 is 14.2 Å². The molecule has 0 amide bonds. The minimum absolute atomic E-state index is 0.224. The van der Waals surface area contributed by atoms with Crippen molar-refractivity contribution in [3.05, 3.63) is 29.6 Å². The number of ether oxygens (including phenoxy) is 1. The van der Waals surface area contributed by atoms with Crippen LogP contribution in [-0.4, -0.2) is 17.3 Å². The zero-order valence-electron chi connectivity index (χ0n) is 11.3. The minimum atomic E-state index is -0.480. The van der Waals surface area contributed by atoms with Gasteiger partial charge in [0.15, 0.2) is 0 Å². The molecule has 106 valence electrons. The molecule has 1 saturated carbocycles. The van der Waals surface area contributed by atoms with E-state index in [9.17, 15) is 9.50 Å². The number of hydrogen-bond donors (Lipinski definition) is 2. The highest BCUT2D eigenvalue weighted by atomic mass is 19.1. The van der Waals surface area contributed by atoms with Crippen LogP contribution in [0.1, 0.15) is 50.6 Å². The first-order valence-electron chi connectivity index (χ1n) is 6.97. The third-order valence-corrected chi connectivity index (χ3v) is 3.66. The van der Waals surface area contributed by atoms with Gasteiger partial charge in [-0.25, -0.2) is 4.39 Å². The van der Waals surface area contributed by atoms with Crippen molar-refractivity contribution in [3.8, 4) is 5.75 Å². The van der Waals surface area contributed by atoms with E-state index in [4.69, 9.17) is 10.5 Å². The van der Waals surface area contributed by atoms with Gasteiger partial charge in [-0.2, -0.15) is 0 Å². The number of hydrogen-bond acceptors (Lipinski definition) is 3. The molecular weight excluding hydrogens is 245 g/mol. The smallest absolute Gasteiger partial charge is 0.127 e. The molecule has 1 aliphatic rings. The normalized spacial score (nSPS) is 25.7. The standard InChI is InChI=1S/C15H22FNO2/c1-10(17)12-8-7-11(16)9-15(12)19-14-6-4-2-3-5-13(14)18/h7-10,13-14,18H,2-6,17H2,1H3/t10-,13?,14?/m1/s1. The van der Waals surface area contributed by atoms with Crippen molar-refractivity contribution in [1.82, 2.24) is 0 Å². The van der Waals surface area contributed by atoms with Crippen LogP contribution in [0.4, 0.5) is 4.39 Å². The summed E-state index contributed by atoms with van der Waals surface area (Å²) in [5.74, 6) is 0.114. The van der Waals surface area contributed by atoms with E-state index in [1.807, 2.05) is 6.92 Å². The lowest BCUT2D eigenvalue weighted by molar-refractivity contribution is 0.0311. The van der Waals surface area contributed by atoms with Crippen LogP contribution in [0, 0.1) is 5.82 Å². The summed E-state index contributed by atoms with van der Waals surface area (Å²) in [6, 6.07) is 4.17. The van der Waals surface area contributed by atoms with Gasteiger partial charge >= 0.3 is 0 Å². The maximum Gasteiger partial charge on any atom is 0.127 e. The predicted molar refractivity (Wildman–Crippen MR) is 72.5 cm³/mol. The molecule has 0 saturated heterocycles. The number of nitrogens with two attached hydrogens (primary N) is 1. The van der Waals surface area contributed by atoms with E-state index in [0.717, 1.165) is 37.7 Å². The van der Waals surface area contributed by atoms with Crippen molar-refractivity contribution in [2.75, 3.05) is 0 Å². The largest absolute Gasteiger partial charge is 0.487 e. The fraction of sp³-hybridized carbons (Fsp3) is 0.600. The van der Waals surface area contributed by atoms with Gasteiger partial charge in [-0.1, -0.05) is 18.9 Å². The van der Waals surface area contributed by atoms with Crippen LogP contribution in [0.5, 0.6) is 5.75 Å². The summed E-state index contributed by atoms with van der Waals surface area (Å²) < 4.78 is 19.2. The van der Waals surface area contributed by atoms with E-state index in [2.05, 4.69) is 0 Å². The monoisotopic (exact) mass is 267 g/mol. The Morgan fingerprint density at radius 2 is 2.05 bits per heavy atom. The SMILES string of the molecule is C[C@@H](N)c1ccc(F)cc1OC1CCCCCC1O.